The van der Waals surface area contributed by atoms with E-state index >= 15 is 0 Å². The van der Waals surface area contributed by atoms with Crippen LogP contribution in [-0.4, -0.2) is 31.7 Å². The molecule has 0 spiro atoms. The highest BCUT2D eigenvalue weighted by molar-refractivity contribution is 6.34. The number of benzene rings is 1. The summed E-state index contributed by atoms with van der Waals surface area (Å²) < 4.78 is 9.88. The number of phenols is 1. The van der Waals surface area contributed by atoms with E-state index in [0.717, 1.165) is 0 Å². The number of hydrogen-bond acceptors (Lipinski definition) is 5. The molecule has 0 amide bonds. The number of aromatic hydroxyl groups is 1. The highest BCUT2D eigenvalue weighted by Crippen LogP contribution is 2.42. The third-order valence-corrected chi connectivity index (χ3v) is 2.36. The third-order valence-electron chi connectivity index (χ3n) is 2.06. The summed E-state index contributed by atoms with van der Waals surface area (Å²) in [6.07, 6.45) is 0. The maximum absolute atomic E-state index is 11.5. The number of ether oxygens (including phenoxy) is 2. The molecule has 0 fully saturated rings. The molecule has 0 aliphatic heterocycles. The Morgan fingerprint density at radius 1 is 1.50 bits per heavy atom. The molecule has 0 aromatic heterocycles. The molecule has 0 radical (unpaired) electrons. The van der Waals surface area contributed by atoms with E-state index in [1.54, 1.807) is 0 Å². The molecule has 0 bridgehead atoms. The van der Waals surface area contributed by atoms with Crippen LogP contribution in [0.25, 0.3) is 0 Å². The highest BCUT2D eigenvalue weighted by Gasteiger charge is 2.22. The molecule has 0 atom stereocenters. The molecule has 0 aliphatic carbocycles. The first-order valence-corrected chi connectivity index (χ1v) is 4.81. The molecule has 0 saturated carbocycles. The van der Waals surface area contributed by atoms with Gasteiger partial charge in [0.2, 0.25) is 5.75 Å². The van der Waals surface area contributed by atoms with E-state index < -0.39 is 5.78 Å². The van der Waals surface area contributed by atoms with Gasteiger partial charge in [0.1, 0.15) is 0 Å². The van der Waals surface area contributed by atoms with Crippen molar-refractivity contribution < 1.29 is 19.4 Å². The van der Waals surface area contributed by atoms with Crippen LogP contribution in [0.1, 0.15) is 10.4 Å². The predicted octanol–water partition coefficient (Wildman–Crippen LogP) is 1.20. The Morgan fingerprint density at radius 2 is 2.12 bits per heavy atom. The minimum absolute atomic E-state index is 0.0539. The number of carbonyl (C=O) groups excluding carboxylic acids is 1. The molecule has 0 heterocycles. The number of methoxy groups -OCH3 is 2. The van der Waals surface area contributed by atoms with E-state index in [4.69, 9.17) is 26.8 Å². The molecule has 16 heavy (non-hydrogen) atoms. The third kappa shape index (κ3) is 2.05. The van der Waals surface area contributed by atoms with Gasteiger partial charge in [0.25, 0.3) is 0 Å². The summed E-state index contributed by atoms with van der Waals surface area (Å²) >= 11 is 5.84. The van der Waals surface area contributed by atoms with Gasteiger partial charge in [0.15, 0.2) is 17.3 Å². The fourth-order valence-electron chi connectivity index (χ4n) is 1.31. The van der Waals surface area contributed by atoms with Crippen LogP contribution in [0.4, 0.5) is 0 Å². The second-order valence-corrected chi connectivity index (χ2v) is 3.35. The van der Waals surface area contributed by atoms with Crippen molar-refractivity contribution >= 4 is 17.4 Å². The van der Waals surface area contributed by atoms with Gasteiger partial charge in [-0.05, 0) is 0 Å². The fourth-order valence-corrected chi connectivity index (χ4v) is 1.61. The van der Waals surface area contributed by atoms with Gasteiger partial charge in [0, 0.05) is 6.07 Å². The van der Waals surface area contributed by atoms with Gasteiger partial charge in [-0.1, -0.05) is 11.6 Å². The number of nitrogens with two attached hydrogens (primary N) is 1. The van der Waals surface area contributed by atoms with Crippen LogP contribution in [0, 0.1) is 0 Å². The average Bonchev–Trinajstić information content (AvgIpc) is 2.27. The first-order chi connectivity index (χ1) is 7.56. The first kappa shape index (κ1) is 12.6. The lowest BCUT2D eigenvalue weighted by atomic mass is 10.1. The Labute approximate surface area is 97.7 Å². The highest BCUT2D eigenvalue weighted by atomic mass is 35.5. The van der Waals surface area contributed by atoms with Crippen LogP contribution in [0.2, 0.25) is 5.02 Å². The van der Waals surface area contributed by atoms with Crippen molar-refractivity contribution in [3.8, 4) is 17.2 Å². The molecule has 6 heteroatoms. The zero-order chi connectivity index (χ0) is 12.3. The maximum Gasteiger partial charge on any atom is 0.203 e. The molecule has 5 nitrogen and oxygen atoms in total. The number of rotatable bonds is 4. The van der Waals surface area contributed by atoms with E-state index in [0.29, 0.717) is 0 Å². The van der Waals surface area contributed by atoms with Crippen LogP contribution in [0.3, 0.4) is 0 Å². The van der Waals surface area contributed by atoms with Crippen LogP contribution in [0.5, 0.6) is 17.2 Å². The molecule has 0 saturated heterocycles. The molecule has 1 aromatic rings. The Kier molecular flexibility index (Phi) is 3.98. The number of Topliss-reactive ketones (excluding diaryl/α,β-unsaturated/α-hetero) is 1. The van der Waals surface area contributed by atoms with Crippen LogP contribution >= 0.6 is 11.6 Å². The summed E-state index contributed by atoms with van der Waals surface area (Å²) in [6, 6.07) is 1.39. The van der Waals surface area contributed by atoms with Gasteiger partial charge in [-0.25, -0.2) is 0 Å². The Hall–Kier alpha value is -1.46. The monoisotopic (exact) mass is 245 g/mol. The second-order valence-electron chi connectivity index (χ2n) is 2.94. The Morgan fingerprint density at radius 3 is 2.56 bits per heavy atom. The topological polar surface area (TPSA) is 81.8 Å². The van der Waals surface area contributed by atoms with Crippen molar-refractivity contribution in [3.63, 3.8) is 0 Å². The lowest BCUT2D eigenvalue weighted by Crippen LogP contribution is -2.14. The quantitative estimate of drug-likeness (QED) is 0.779. The Bertz CT molecular complexity index is 420. The summed E-state index contributed by atoms with van der Waals surface area (Å²) in [7, 11) is 2.75. The molecule has 1 aromatic carbocycles. The van der Waals surface area contributed by atoms with Gasteiger partial charge in [-0.15, -0.1) is 0 Å². The first-order valence-electron chi connectivity index (χ1n) is 4.43. The second kappa shape index (κ2) is 5.05. The van der Waals surface area contributed by atoms with Crippen LogP contribution in [0.15, 0.2) is 6.07 Å². The summed E-state index contributed by atoms with van der Waals surface area (Å²) in [5.74, 6) is -0.520. The SMILES string of the molecule is COc1cc(Cl)c(C(=O)CN)c(O)c1OC. The summed E-state index contributed by atoms with van der Waals surface area (Å²) in [5, 5.41) is 9.89. The zero-order valence-electron chi connectivity index (χ0n) is 8.91. The van der Waals surface area contributed by atoms with E-state index in [-0.39, 0.29) is 34.4 Å². The molecule has 0 unspecified atom stereocenters. The van der Waals surface area contributed by atoms with Crippen LogP contribution in [-0.2, 0) is 0 Å². The van der Waals surface area contributed by atoms with Crippen molar-refractivity contribution in [3.05, 3.63) is 16.7 Å². The summed E-state index contributed by atoms with van der Waals surface area (Å²) in [5.41, 5.74) is 5.16. The minimum Gasteiger partial charge on any atom is -0.504 e. The van der Waals surface area contributed by atoms with Gasteiger partial charge in [-0.3, -0.25) is 4.79 Å². The number of ketones is 1. The fraction of sp³-hybridized carbons (Fsp3) is 0.300. The summed E-state index contributed by atoms with van der Waals surface area (Å²) in [6.45, 7) is -0.247. The molecule has 1 rings (SSSR count). The Balaban J connectivity index is 3.46. The van der Waals surface area contributed by atoms with Crippen molar-refractivity contribution in [2.24, 2.45) is 5.73 Å². The van der Waals surface area contributed by atoms with E-state index in [1.165, 1.54) is 20.3 Å². The van der Waals surface area contributed by atoms with Crippen LogP contribution < -0.4 is 15.2 Å². The molecular formula is C10H12ClNO4. The van der Waals surface area contributed by atoms with Gasteiger partial charge >= 0.3 is 0 Å². The predicted molar refractivity (Wildman–Crippen MR) is 59.6 cm³/mol. The van der Waals surface area contributed by atoms with Gasteiger partial charge < -0.3 is 20.3 Å². The van der Waals surface area contributed by atoms with Crippen molar-refractivity contribution in [2.75, 3.05) is 20.8 Å². The zero-order valence-corrected chi connectivity index (χ0v) is 9.67. The maximum atomic E-state index is 11.5. The van der Waals surface area contributed by atoms with E-state index in [9.17, 15) is 9.90 Å². The van der Waals surface area contributed by atoms with Crippen molar-refractivity contribution in [2.45, 2.75) is 0 Å². The molecule has 88 valence electrons. The van der Waals surface area contributed by atoms with Gasteiger partial charge in [0.05, 0.1) is 31.4 Å². The molecule has 3 N–H and O–H groups in total. The molecule has 0 aliphatic rings. The van der Waals surface area contributed by atoms with E-state index in [2.05, 4.69) is 0 Å². The minimum atomic E-state index is -0.469. The van der Waals surface area contributed by atoms with Crippen molar-refractivity contribution in [1.29, 1.82) is 0 Å². The largest absolute Gasteiger partial charge is 0.504 e. The van der Waals surface area contributed by atoms with E-state index in [1.807, 2.05) is 0 Å². The average molecular weight is 246 g/mol. The smallest absolute Gasteiger partial charge is 0.203 e. The normalized spacial score (nSPS) is 10.0. The van der Waals surface area contributed by atoms with Gasteiger partial charge in [-0.2, -0.15) is 0 Å². The van der Waals surface area contributed by atoms with Crippen molar-refractivity contribution in [1.82, 2.24) is 0 Å². The number of phenolic OH excluding ortho intramolecular Hbond substituents is 1. The number of carbonyl (C=O) groups is 1. The molecular weight excluding hydrogens is 234 g/mol. The number of halogens is 1. The lowest BCUT2D eigenvalue weighted by Gasteiger charge is -2.13. The summed E-state index contributed by atoms with van der Waals surface area (Å²) in [4.78, 5) is 11.5. The number of hydrogen-bond donors (Lipinski definition) is 2. The lowest BCUT2D eigenvalue weighted by molar-refractivity contribution is 0.0998. The standard InChI is InChI=1S/C10H12ClNO4/c1-15-7-3-5(11)8(6(13)4-12)9(14)10(7)16-2/h3,14H,4,12H2,1-2H3.